The third-order valence-electron chi connectivity index (χ3n) is 3.34. The average molecular weight is 233 g/mol. The largest absolute Gasteiger partial charge is 0.382 e. The van der Waals surface area contributed by atoms with Gasteiger partial charge in [0.25, 0.3) is 0 Å². The van der Waals surface area contributed by atoms with Crippen LogP contribution in [0.15, 0.2) is 6.33 Å². The minimum atomic E-state index is 0.260. The number of nitrogens with two attached hydrogens (primary N) is 1. The summed E-state index contributed by atoms with van der Waals surface area (Å²) in [5.74, 6) is 1.91. The fraction of sp³-hybridized carbons (Fsp3) is 0.583. The first-order chi connectivity index (χ1) is 7.88. The molecular formula is C12H19N5. The van der Waals surface area contributed by atoms with Gasteiger partial charge in [-0.2, -0.15) is 0 Å². The van der Waals surface area contributed by atoms with E-state index in [-0.39, 0.29) is 5.41 Å². The Labute approximate surface area is 101 Å². The second-order valence-corrected chi connectivity index (χ2v) is 5.61. The number of aromatic nitrogens is 4. The van der Waals surface area contributed by atoms with Gasteiger partial charge >= 0.3 is 0 Å². The Morgan fingerprint density at radius 1 is 1.35 bits per heavy atom. The van der Waals surface area contributed by atoms with Crippen LogP contribution in [0.4, 0.5) is 5.82 Å². The van der Waals surface area contributed by atoms with Gasteiger partial charge in [0.1, 0.15) is 17.7 Å². The van der Waals surface area contributed by atoms with Crippen LogP contribution in [0.3, 0.4) is 0 Å². The van der Waals surface area contributed by atoms with Crippen LogP contribution in [-0.4, -0.2) is 19.9 Å². The molecule has 0 aliphatic rings. The van der Waals surface area contributed by atoms with E-state index in [4.69, 9.17) is 5.73 Å². The smallest absolute Gasteiger partial charge is 0.183 e. The maximum atomic E-state index is 5.76. The van der Waals surface area contributed by atoms with Crippen LogP contribution in [0.5, 0.6) is 0 Å². The number of aromatic amines is 1. The zero-order valence-electron chi connectivity index (χ0n) is 10.8. The zero-order valence-corrected chi connectivity index (χ0v) is 10.8. The molecule has 0 fully saturated rings. The SMILES string of the molecule is CC(Cc1nc2ncnc(N)c2[nH]1)C(C)(C)C. The van der Waals surface area contributed by atoms with Gasteiger partial charge in [0.15, 0.2) is 11.5 Å². The highest BCUT2D eigenvalue weighted by molar-refractivity contribution is 5.80. The number of anilines is 1. The highest BCUT2D eigenvalue weighted by Crippen LogP contribution is 2.28. The van der Waals surface area contributed by atoms with E-state index in [1.807, 2.05) is 0 Å². The molecule has 1 unspecified atom stereocenters. The average Bonchev–Trinajstić information content (AvgIpc) is 2.60. The summed E-state index contributed by atoms with van der Waals surface area (Å²) in [5, 5.41) is 0. The fourth-order valence-corrected chi connectivity index (χ4v) is 1.59. The number of rotatable bonds is 2. The van der Waals surface area contributed by atoms with Gasteiger partial charge in [-0.3, -0.25) is 0 Å². The lowest BCUT2D eigenvalue weighted by atomic mass is 9.80. The minimum Gasteiger partial charge on any atom is -0.382 e. The van der Waals surface area contributed by atoms with Crippen molar-refractivity contribution in [3.63, 3.8) is 0 Å². The van der Waals surface area contributed by atoms with Crippen molar-refractivity contribution in [2.45, 2.75) is 34.1 Å². The van der Waals surface area contributed by atoms with Gasteiger partial charge < -0.3 is 10.7 Å². The van der Waals surface area contributed by atoms with Crippen molar-refractivity contribution in [2.75, 3.05) is 5.73 Å². The van der Waals surface area contributed by atoms with Crippen molar-refractivity contribution < 1.29 is 0 Å². The Bertz CT molecular complexity index is 523. The van der Waals surface area contributed by atoms with Crippen molar-refractivity contribution in [3.8, 4) is 0 Å². The Morgan fingerprint density at radius 3 is 2.65 bits per heavy atom. The van der Waals surface area contributed by atoms with E-state index >= 15 is 0 Å². The van der Waals surface area contributed by atoms with Crippen LogP contribution in [0.1, 0.15) is 33.5 Å². The summed E-state index contributed by atoms with van der Waals surface area (Å²) >= 11 is 0. The van der Waals surface area contributed by atoms with E-state index in [1.165, 1.54) is 6.33 Å². The number of hydrogen-bond donors (Lipinski definition) is 2. The fourth-order valence-electron chi connectivity index (χ4n) is 1.59. The van der Waals surface area contributed by atoms with Gasteiger partial charge in [-0.05, 0) is 11.3 Å². The van der Waals surface area contributed by atoms with Gasteiger partial charge in [0.05, 0.1) is 0 Å². The van der Waals surface area contributed by atoms with Crippen molar-refractivity contribution in [1.29, 1.82) is 0 Å². The molecule has 92 valence electrons. The maximum absolute atomic E-state index is 5.76. The number of fused-ring (bicyclic) bond motifs is 1. The summed E-state index contributed by atoms with van der Waals surface area (Å²) in [4.78, 5) is 15.7. The molecule has 0 saturated carbocycles. The molecule has 1 atom stereocenters. The Morgan fingerprint density at radius 2 is 2.06 bits per heavy atom. The molecule has 2 rings (SSSR count). The molecule has 0 spiro atoms. The normalized spacial score (nSPS) is 14.1. The van der Waals surface area contributed by atoms with Crippen LogP contribution in [-0.2, 0) is 6.42 Å². The predicted molar refractivity (Wildman–Crippen MR) is 68.4 cm³/mol. The van der Waals surface area contributed by atoms with Gasteiger partial charge in [0, 0.05) is 6.42 Å². The summed E-state index contributed by atoms with van der Waals surface area (Å²) < 4.78 is 0. The predicted octanol–water partition coefficient (Wildman–Crippen LogP) is 2.16. The molecule has 0 radical (unpaired) electrons. The monoisotopic (exact) mass is 233 g/mol. The molecule has 5 heteroatoms. The summed E-state index contributed by atoms with van der Waals surface area (Å²) in [5.41, 5.74) is 7.41. The van der Waals surface area contributed by atoms with E-state index in [0.29, 0.717) is 17.4 Å². The molecule has 17 heavy (non-hydrogen) atoms. The van der Waals surface area contributed by atoms with Crippen molar-refractivity contribution >= 4 is 17.0 Å². The zero-order chi connectivity index (χ0) is 12.6. The van der Waals surface area contributed by atoms with Crippen molar-refractivity contribution in [3.05, 3.63) is 12.2 Å². The highest BCUT2D eigenvalue weighted by atomic mass is 15.0. The van der Waals surface area contributed by atoms with Crippen molar-refractivity contribution in [2.24, 2.45) is 11.3 Å². The van der Waals surface area contributed by atoms with E-state index in [1.54, 1.807) is 0 Å². The Kier molecular flexibility index (Phi) is 2.77. The highest BCUT2D eigenvalue weighted by Gasteiger charge is 2.21. The Balaban J connectivity index is 2.29. The Hall–Kier alpha value is -1.65. The summed E-state index contributed by atoms with van der Waals surface area (Å²) in [6, 6.07) is 0. The van der Waals surface area contributed by atoms with Crippen molar-refractivity contribution in [1.82, 2.24) is 19.9 Å². The molecule has 5 nitrogen and oxygen atoms in total. The molecule has 0 amide bonds. The number of nitrogens with zero attached hydrogens (tertiary/aromatic N) is 3. The molecule has 0 aromatic carbocycles. The third kappa shape index (κ3) is 2.38. The standard InChI is InChI=1S/C12H19N5/c1-7(12(2,3)4)5-8-16-9-10(13)14-6-15-11(9)17-8/h6-7H,5H2,1-4H3,(H3,13,14,15,16,17). The van der Waals surface area contributed by atoms with Gasteiger partial charge in [-0.15, -0.1) is 0 Å². The summed E-state index contributed by atoms with van der Waals surface area (Å²) in [6.07, 6.45) is 2.33. The van der Waals surface area contributed by atoms with E-state index in [0.717, 1.165) is 17.8 Å². The number of imidazole rings is 1. The lowest BCUT2D eigenvalue weighted by molar-refractivity contribution is 0.257. The number of nitrogen functional groups attached to an aromatic ring is 1. The molecular weight excluding hydrogens is 214 g/mol. The first kappa shape index (κ1) is 11.8. The van der Waals surface area contributed by atoms with E-state index in [9.17, 15) is 0 Å². The van der Waals surface area contributed by atoms with Crippen LogP contribution in [0, 0.1) is 11.3 Å². The second kappa shape index (κ2) is 3.98. The van der Waals surface area contributed by atoms with Crippen LogP contribution < -0.4 is 5.73 Å². The van der Waals surface area contributed by atoms with E-state index < -0.39 is 0 Å². The third-order valence-corrected chi connectivity index (χ3v) is 3.34. The molecule has 0 saturated heterocycles. The lowest BCUT2D eigenvalue weighted by Gasteiger charge is -2.26. The second-order valence-electron chi connectivity index (χ2n) is 5.61. The summed E-state index contributed by atoms with van der Waals surface area (Å²) in [7, 11) is 0. The van der Waals surface area contributed by atoms with Crippen LogP contribution in [0.25, 0.3) is 11.2 Å². The first-order valence-corrected chi connectivity index (χ1v) is 5.83. The molecule has 3 N–H and O–H groups in total. The van der Waals surface area contributed by atoms with E-state index in [2.05, 4.69) is 47.6 Å². The summed E-state index contributed by atoms with van der Waals surface area (Å²) in [6.45, 7) is 8.92. The lowest BCUT2D eigenvalue weighted by Crippen LogP contribution is -2.19. The van der Waals surface area contributed by atoms with Crippen LogP contribution >= 0.6 is 0 Å². The van der Waals surface area contributed by atoms with Gasteiger partial charge in [-0.25, -0.2) is 15.0 Å². The minimum absolute atomic E-state index is 0.260. The maximum Gasteiger partial charge on any atom is 0.183 e. The topological polar surface area (TPSA) is 80.5 Å². The molecule has 0 aliphatic carbocycles. The van der Waals surface area contributed by atoms with Crippen LogP contribution in [0.2, 0.25) is 0 Å². The molecule has 2 aromatic heterocycles. The molecule has 2 heterocycles. The molecule has 2 aromatic rings. The first-order valence-electron chi connectivity index (χ1n) is 5.83. The number of hydrogen-bond acceptors (Lipinski definition) is 4. The quantitative estimate of drug-likeness (QED) is 0.833. The molecule has 0 aliphatic heterocycles. The van der Waals surface area contributed by atoms with Gasteiger partial charge in [0.2, 0.25) is 0 Å². The molecule has 0 bridgehead atoms. The number of H-pyrrole nitrogens is 1. The van der Waals surface area contributed by atoms with Gasteiger partial charge in [-0.1, -0.05) is 27.7 Å². The number of nitrogens with one attached hydrogen (secondary N) is 1.